The van der Waals surface area contributed by atoms with Crippen LogP contribution in [0, 0.1) is 5.41 Å². The minimum absolute atomic E-state index is 0.102. The van der Waals surface area contributed by atoms with Gasteiger partial charge in [-0.25, -0.2) is 9.78 Å². The minimum atomic E-state index is -4.84. The third-order valence-electron chi connectivity index (χ3n) is 4.58. The summed E-state index contributed by atoms with van der Waals surface area (Å²) in [7, 11) is 0. The van der Waals surface area contributed by atoms with Gasteiger partial charge < -0.3 is 20.7 Å². The maximum Gasteiger partial charge on any atom is 0.573 e. The van der Waals surface area contributed by atoms with Crippen LogP contribution < -0.4 is 20.7 Å². The average molecular weight is 551 g/mol. The van der Waals surface area contributed by atoms with Gasteiger partial charge in [0.25, 0.3) is 0 Å². The lowest BCUT2D eigenvalue weighted by atomic mass is 9.96. The van der Waals surface area contributed by atoms with Crippen molar-refractivity contribution in [3.63, 3.8) is 0 Å². The number of halogens is 4. The number of hydrogen-bond donors (Lipinski definition) is 3. The number of aromatic nitrogens is 1. The van der Waals surface area contributed by atoms with Gasteiger partial charge in [-0.2, -0.15) is 0 Å². The van der Waals surface area contributed by atoms with Crippen LogP contribution in [-0.4, -0.2) is 23.3 Å². The maximum atomic E-state index is 12.4. The Bertz CT molecular complexity index is 1210. The summed E-state index contributed by atoms with van der Waals surface area (Å²) < 4.78 is 41.6. The van der Waals surface area contributed by atoms with Crippen LogP contribution in [0.4, 0.5) is 35.2 Å². The smallest absolute Gasteiger partial charge is 0.406 e. The predicted molar refractivity (Wildman–Crippen MR) is 131 cm³/mol. The zero-order valence-electron chi connectivity index (χ0n) is 19.0. The van der Waals surface area contributed by atoms with Gasteiger partial charge in [0.2, 0.25) is 5.91 Å². The molecule has 0 fully saturated rings. The molecule has 1 aromatic heterocycles. The Kier molecular flexibility index (Phi) is 7.69. The number of ether oxygens (including phenoxy) is 1. The number of carbonyl (C=O) groups excluding carboxylic acids is 2. The number of rotatable bonds is 5. The number of amides is 3. The van der Waals surface area contributed by atoms with E-state index in [-0.39, 0.29) is 11.6 Å². The van der Waals surface area contributed by atoms with Gasteiger partial charge in [-0.15, -0.1) is 13.2 Å². The van der Waals surface area contributed by atoms with E-state index in [1.165, 1.54) is 6.07 Å². The summed E-state index contributed by atoms with van der Waals surface area (Å²) in [6, 6.07) is 13.3. The monoisotopic (exact) mass is 550 g/mol. The van der Waals surface area contributed by atoms with Crippen LogP contribution in [-0.2, 0) is 4.79 Å². The fraction of sp³-hybridized carbons (Fsp3) is 0.208. The molecule has 0 aliphatic carbocycles. The van der Waals surface area contributed by atoms with E-state index in [2.05, 4.69) is 41.6 Å². The Morgan fingerprint density at radius 3 is 2.11 bits per heavy atom. The first kappa shape index (κ1) is 26.0. The third kappa shape index (κ3) is 7.71. The lowest BCUT2D eigenvalue weighted by Gasteiger charge is -2.17. The van der Waals surface area contributed by atoms with Gasteiger partial charge in [-0.05, 0) is 57.9 Å². The van der Waals surface area contributed by atoms with Gasteiger partial charge in [-0.3, -0.25) is 4.79 Å². The normalized spacial score (nSPS) is 11.5. The van der Waals surface area contributed by atoms with E-state index >= 15 is 0 Å². The molecule has 0 unspecified atom stereocenters. The Morgan fingerprint density at radius 2 is 1.54 bits per heavy atom. The lowest BCUT2D eigenvalue weighted by molar-refractivity contribution is -0.274. The van der Waals surface area contributed by atoms with Crippen molar-refractivity contribution in [2.45, 2.75) is 27.1 Å². The SMILES string of the molecule is CC(C)(C)C(=O)Nc1ccc(-c2ccc(NC(=O)Nc3cc(OC(F)(F)F)ccc3Br)cc2)cn1. The van der Waals surface area contributed by atoms with Crippen LogP contribution in [0.5, 0.6) is 5.75 Å². The molecule has 0 saturated heterocycles. The first-order valence-electron chi connectivity index (χ1n) is 10.3. The van der Waals surface area contributed by atoms with Crippen molar-refractivity contribution in [1.82, 2.24) is 4.98 Å². The summed E-state index contributed by atoms with van der Waals surface area (Å²) in [5.74, 6) is -0.157. The fourth-order valence-corrected chi connectivity index (χ4v) is 3.12. The molecule has 3 aromatic rings. The molecule has 0 saturated carbocycles. The maximum absolute atomic E-state index is 12.4. The highest BCUT2D eigenvalue weighted by Crippen LogP contribution is 2.31. The molecular weight excluding hydrogens is 529 g/mol. The fourth-order valence-electron chi connectivity index (χ4n) is 2.77. The second-order valence-corrected chi connectivity index (χ2v) is 9.34. The van der Waals surface area contributed by atoms with Crippen LogP contribution in [0.3, 0.4) is 0 Å². The van der Waals surface area contributed by atoms with E-state index < -0.39 is 23.6 Å². The summed E-state index contributed by atoms with van der Waals surface area (Å²) in [6.07, 6.45) is -3.22. The second kappa shape index (κ2) is 10.3. The lowest BCUT2D eigenvalue weighted by Crippen LogP contribution is -2.27. The van der Waals surface area contributed by atoms with E-state index in [1.807, 2.05) is 26.8 Å². The van der Waals surface area contributed by atoms with Crippen LogP contribution in [0.15, 0.2) is 65.3 Å². The molecular formula is C24H22BrF3N4O3. The Labute approximate surface area is 208 Å². The van der Waals surface area contributed by atoms with Gasteiger partial charge in [0.15, 0.2) is 0 Å². The van der Waals surface area contributed by atoms with Crippen molar-refractivity contribution >= 4 is 45.1 Å². The van der Waals surface area contributed by atoms with Gasteiger partial charge in [0.1, 0.15) is 11.6 Å². The number of nitrogens with one attached hydrogen (secondary N) is 3. The predicted octanol–water partition coefficient (Wildman–Crippen LogP) is 7.04. The number of anilines is 3. The van der Waals surface area contributed by atoms with Crippen molar-refractivity contribution in [3.8, 4) is 16.9 Å². The number of benzene rings is 2. The van der Waals surface area contributed by atoms with Crippen LogP contribution in [0.25, 0.3) is 11.1 Å². The Balaban J connectivity index is 1.62. The molecule has 0 aliphatic heterocycles. The topological polar surface area (TPSA) is 92.4 Å². The summed E-state index contributed by atoms with van der Waals surface area (Å²) >= 11 is 3.18. The Morgan fingerprint density at radius 1 is 0.886 bits per heavy atom. The van der Waals surface area contributed by atoms with E-state index in [4.69, 9.17) is 0 Å². The highest BCUT2D eigenvalue weighted by atomic mass is 79.9. The average Bonchev–Trinajstić information content (AvgIpc) is 2.75. The first-order chi connectivity index (χ1) is 16.3. The molecule has 1 heterocycles. The highest BCUT2D eigenvalue weighted by molar-refractivity contribution is 9.10. The molecule has 35 heavy (non-hydrogen) atoms. The molecule has 11 heteroatoms. The summed E-state index contributed by atoms with van der Waals surface area (Å²) in [4.78, 5) is 28.7. The summed E-state index contributed by atoms with van der Waals surface area (Å²) in [5, 5.41) is 7.84. The molecule has 7 nitrogen and oxygen atoms in total. The standard InChI is InChI=1S/C24H22BrF3N4O3/c1-23(2,3)21(33)32-20-11-6-15(13-29-20)14-4-7-16(8-5-14)30-22(34)31-19-12-17(9-10-18(19)25)35-24(26,27)28/h4-13H,1-3H3,(H,29,32,33)(H2,30,31,34). The molecule has 3 rings (SSSR count). The molecule has 3 N–H and O–H groups in total. The first-order valence-corrected chi connectivity index (χ1v) is 11.1. The molecule has 0 atom stereocenters. The van der Waals surface area contributed by atoms with Crippen molar-refractivity contribution in [2.24, 2.45) is 5.41 Å². The van der Waals surface area contributed by atoms with Crippen molar-refractivity contribution < 1.29 is 27.5 Å². The minimum Gasteiger partial charge on any atom is -0.406 e. The number of urea groups is 1. The molecule has 2 aromatic carbocycles. The van der Waals surface area contributed by atoms with E-state index in [0.29, 0.717) is 16.0 Å². The molecule has 184 valence electrons. The van der Waals surface area contributed by atoms with Gasteiger partial charge in [-0.1, -0.05) is 32.9 Å². The van der Waals surface area contributed by atoms with Gasteiger partial charge >= 0.3 is 12.4 Å². The number of nitrogens with zero attached hydrogens (tertiary/aromatic N) is 1. The molecule has 0 spiro atoms. The number of pyridine rings is 1. The van der Waals surface area contributed by atoms with E-state index in [1.54, 1.807) is 36.5 Å². The zero-order chi connectivity index (χ0) is 25.8. The quantitative estimate of drug-likeness (QED) is 0.317. The number of carbonyl (C=O) groups is 2. The van der Waals surface area contributed by atoms with Gasteiger partial charge in [0, 0.05) is 33.4 Å². The largest absolute Gasteiger partial charge is 0.573 e. The van der Waals surface area contributed by atoms with Crippen LogP contribution in [0.1, 0.15) is 20.8 Å². The van der Waals surface area contributed by atoms with E-state index in [9.17, 15) is 22.8 Å². The van der Waals surface area contributed by atoms with Crippen LogP contribution >= 0.6 is 15.9 Å². The number of hydrogen-bond acceptors (Lipinski definition) is 4. The molecule has 0 radical (unpaired) electrons. The van der Waals surface area contributed by atoms with Gasteiger partial charge in [0.05, 0.1) is 5.69 Å². The zero-order valence-corrected chi connectivity index (χ0v) is 20.5. The van der Waals surface area contributed by atoms with Crippen molar-refractivity contribution in [2.75, 3.05) is 16.0 Å². The second-order valence-electron chi connectivity index (χ2n) is 8.48. The number of alkyl halides is 3. The van der Waals surface area contributed by atoms with Crippen molar-refractivity contribution in [3.05, 3.63) is 65.3 Å². The summed E-state index contributed by atoms with van der Waals surface area (Å²) in [6.45, 7) is 5.43. The van der Waals surface area contributed by atoms with Crippen molar-refractivity contribution in [1.29, 1.82) is 0 Å². The highest BCUT2D eigenvalue weighted by Gasteiger charge is 2.31. The van der Waals surface area contributed by atoms with Crippen LogP contribution in [0.2, 0.25) is 0 Å². The molecule has 0 bridgehead atoms. The third-order valence-corrected chi connectivity index (χ3v) is 5.27. The summed E-state index contributed by atoms with van der Waals surface area (Å²) in [5.41, 5.74) is 1.67. The molecule has 3 amide bonds. The Hall–Kier alpha value is -3.60. The van der Waals surface area contributed by atoms with E-state index in [0.717, 1.165) is 23.3 Å². The molecule has 0 aliphatic rings.